The number of carbonyl (C=O) groups is 2. The largest absolute Gasteiger partial charge is 0.484 e. The Bertz CT molecular complexity index is 929. The fourth-order valence-electron chi connectivity index (χ4n) is 4.01. The Morgan fingerprint density at radius 1 is 1.00 bits per heavy atom. The maximum absolute atomic E-state index is 13.4. The van der Waals surface area contributed by atoms with Gasteiger partial charge in [-0.1, -0.05) is 23.2 Å². The Labute approximate surface area is 171 Å². The lowest BCUT2D eigenvalue weighted by molar-refractivity contribution is -0.141. The highest BCUT2D eigenvalue weighted by Crippen LogP contribution is 2.60. The number of rotatable bonds is 6. The molecule has 2 bridgehead atoms. The molecule has 146 valence electrons. The van der Waals surface area contributed by atoms with Gasteiger partial charge in [-0.25, -0.2) is 4.39 Å². The molecule has 3 aliphatic rings. The van der Waals surface area contributed by atoms with Crippen LogP contribution in [0.15, 0.2) is 42.5 Å². The molecule has 5 rings (SSSR count). The highest BCUT2D eigenvalue weighted by molar-refractivity contribution is 6.31. The lowest BCUT2D eigenvalue weighted by Crippen LogP contribution is -2.84. The number of ether oxygens (including phenoxy) is 1. The van der Waals surface area contributed by atoms with Crippen LogP contribution in [0.2, 0.25) is 10.0 Å². The summed E-state index contributed by atoms with van der Waals surface area (Å²) in [6.45, 7) is -0.215. The number of benzene rings is 2. The predicted molar refractivity (Wildman–Crippen MR) is 103 cm³/mol. The molecule has 2 aromatic carbocycles. The van der Waals surface area contributed by atoms with Gasteiger partial charge in [0, 0.05) is 27.7 Å². The third-order valence-electron chi connectivity index (χ3n) is 5.18. The first kappa shape index (κ1) is 19.0. The third kappa shape index (κ3) is 3.66. The molecular formula is C20H17Cl2FN2O3. The van der Waals surface area contributed by atoms with Gasteiger partial charge in [-0.15, -0.1) is 0 Å². The molecule has 3 saturated carbocycles. The Kier molecular flexibility index (Phi) is 4.71. The average Bonchev–Trinajstić information content (AvgIpc) is 2.60. The number of hydrogen-bond donors (Lipinski definition) is 2. The van der Waals surface area contributed by atoms with Crippen molar-refractivity contribution in [2.24, 2.45) is 0 Å². The zero-order valence-corrected chi connectivity index (χ0v) is 16.2. The van der Waals surface area contributed by atoms with Crippen LogP contribution in [-0.2, 0) is 4.79 Å². The van der Waals surface area contributed by atoms with Crippen molar-refractivity contribution in [2.75, 3.05) is 6.61 Å². The van der Waals surface area contributed by atoms with Crippen molar-refractivity contribution in [1.82, 2.24) is 10.6 Å². The molecule has 2 amide bonds. The van der Waals surface area contributed by atoms with Gasteiger partial charge in [0.15, 0.2) is 6.61 Å². The van der Waals surface area contributed by atoms with Crippen LogP contribution in [0.1, 0.15) is 29.6 Å². The molecule has 2 aromatic rings. The normalized spacial score (nSPS) is 24.5. The molecule has 0 spiro atoms. The van der Waals surface area contributed by atoms with Crippen molar-refractivity contribution >= 4 is 35.0 Å². The molecule has 0 atom stereocenters. The summed E-state index contributed by atoms with van der Waals surface area (Å²) in [6.07, 6.45) is 2.04. The summed E-state index contributed by atoms with van der Waals surface area (Å²) in [7, 11) is 0. The van der Waals surface area contributed by atoms with E-state index in [4.69, 9.17) is 27.9 Å². The third-order valence-corrected chi connectivity index (χ3v) is 5.74. The van der Waals surface area contributed by atoms with Crippen LogP contribution in [0.3, 0.4) is 0 Å². The number of halogens is 3. The van der Waals surface area contributed by atoms with E-state index in [1.165, 1.54) is 12.1 Å². The van der Waals surface area contributed by atoms with Crippen LogP contribution >= 0.6 is 23.2 Å². The highest BCUT2D eigenvalue weighted by atomic mass is 35.5. The Balaban J connectivity index is 1.24. The van der Waals surface area contributed by atoms with Crippen LogP contribution < -0.4 is 15.4 Å². The fraction of sp³-hybridized carbons (Fsp3) is 0.300. The molecule has 3 fully saturated rings. The summed E-state index contributed by atoms with van der Waals surface area (Å²) >= 11 is 11.4. The molecule has 3 aliphatic carbocycles. The molecule has 0 unspecified atom stereocenters. The van der Waals surface area contributed by atoms with E-state index in [1.54, 1.807) is 24.3 Å². The van der Waals surface area contributed by atoms with E-state index in [9.17, 15) is 14.0 Å². The van der Waals surface area contributed by atoms with Crippen molar-refractivity contribution in [3.8, 4) is 5.75 Å². The van der Waals surface area contributed by atoms with Crippen LogP contribution in [0.25, 0.3) is 0 Å². The minimum atomic E-state index is -0.600. The van der Waals surface area contributed by atoms with Gasteiger partial charge in [0.05, 0.1) is 5.02 Å². The average molecular weight is 423 g/mol. The van der Waals surface area contributed by atoms with Crippen LogP contribution in [-0.4, -0.2) is 29.5 Å². The molecule has 0 radical (unpaired) electrons. The zero-order valence-electron chi connectivity index (χ0n) is 14.7. The van der Waals surface area contributed by atoms with Gasteiger partial charge >= 0.3 is 0 Å². The van der Waals surface area contributed by atoms with E-state index in [-0.39, 0.29) is 40.3 Å². The van der Waals surface area contributed by atoms with Crippen LogP contribution in [0.5, 0.6) is 5.75 Å². The van der Waals surface area contributed by atoms with E-state index in [0.717, 1.165) is 6.07 Å². The van der Waals surface area contributed by atoms with Crippen molar-refractivity contribution in [2.45, 2.75) is 30.3 Å². The second-order valence-corrected chi connectivity index (χ2v) is 8.31. The van der Waals surface area contributed by atoms with Crippen molar-refractivity contribution in [1.29, 1.82) is 0 Å². The molecule has 0 saturated heterocycles. The Hall–Kier alpha value is -2.31. The van der Waals surface area contributed by atoms with Crippen LogP contribution in [0, 0.1) is 5.82 Å². The quantitative estimate of drug-likeness (QED) is 0.744. The second kappa shape index (κ2) is 6.94. The van der Waals surface area contributed by atoms with Gasteiger partial charge in [0.2, 0.25) is 0 Å². The molecule has 2 N–H and O–H groups in total. The van der Waals surface area contributed by atoms with Gasteiger partial charge in [-0.3, -0.25) is 9.59 Å². The van der Waals surface area contributed by atoms with E-state index in [2.05, 4.69) is 10.6 Å². The molecule has 8 heteroatoms. The summed E-state index contributed by atoms with van der Waals surface area (Å²) in [5.41, 5.74) is -0.000777. The van der Waals surface area contributed by atoms with Gasteiger partial charge in [-0.2, -0.15) is 0 Å². The molecule has 0 aliphatic heterocycles. The van der Waals surface area contributed by atoms with Gasteiger partial charge in [0.25, 0.3) is 11.8 Å². The van der Waals surface area contributed by atoms with Gasteiger partial charge in [0.1, 0.15) is 11.6 Å². The van der Waals surface area contributed by atoms with E-state index in [0.29, 0.717) is 29.8 Å². The zero-order chi connectivity index (χ0) is 19.9. The first-order valence-corrected chi connectivity index (χ1v) is 9.51. The first-order valence-electron chi connectivity index (χ1n) is 8.75. The standard InChI is InChI=1S/C20H17Cl2FN2O3/c21-13-3-1-12(2-4-13)18(27)25-20-9-19(10-20,11-20)24-17(26)8-28-14-5-6-15(22)16(23)7-14/h1-7H,8-11H2,(H,24,26)(H,25,27). The topological polar surface area (TPSA) is 67.4 Å². The maximum atomic E-state index is 13.4. The lowest BCUT2D eigenvalue weighted by Gasteiger charge is -2.70. The Morgan fingerprint density at radius 3 is 2.29 bits per heavy atom. The summed E-state index contributed by atoms with van der Waals surface area (Å²) in [6, 6.07) is 10.7. The minimum Gasteiger partial charge on any atom is -0.484 e. The summed E-state index contributed by atoms with van der Waals surface area (Å²) in [5, 5.41) is 6.56. The highest BCUT2D eigenvalue weighted by Gasteiger charge is 2.69. The fourth-order valence-corrected chi connectivity index (χ4v) is 4.26. The number of amides is 2. The molecular weight excluding hydrogens is 406 g/mol. The summed E-state index contributed by atoms with van der Waals surface area (Å²) in [5.74, 6) is -0.796. The number of hydrogen-bond acceptors (Lipinski definition) is 3. The predicted octanol–water partition coefficient (Wildman–Crippen LogP) is 3.73. The monoisotopic (exact) mass is 422 g/mol. The van der Waals surface area contributed by atoms with Crippen LogP contribution in [0.4, 0.5) is 4.39 Å². The van der Waals surface area contributed by atoms with Crippen molar-refractivity contribution in [3.63, 3.8) is 0 Å². The number of nitrogens with one attached hydrogen (secondary N) is 2. The molecule has 5 nitrogen and oxygen atoms in total. The SMILES string of the molecule is O=C(COc1ccc(Cl)c(F)c1)NC12CC(NC(=O)c3ccc(Cl)cc3)(C1)C2. The summed E-state index contributed by atoms with van der Waals surface area (Å²) in [4.78, 5) is 24.5. The molecule has 0 heterocycles. The van der Waals surface area contributed by atoms with Gasteiger partial charge in [-0.05, 0) is 55.7 Å². The number of carbonyl (C=O) groups excluding carboxylic acids is 2. The van der Waals surface area contributed by atoms with Crippen molar-refractivity contribution in [3.05, 3.63) is 63.9 Å². The smallest absolute Gasteiger partial charge is 0.258 e. The van der Waals surface area contributed by atoms with Gasteiger partial charge < -0.3 is 15.4 Å². The van der Waals surface area contributed by atoms with Crippen molar-refractivity contribution < 1.29 is 18.7 Å². The first-order chi connectivity index (χ1) is 13.3. The lowest BCUT2D eigenvalue weighted by atomic mass is 9.44. The van der Waals surface area contributed by atoms with E-state index >= 15 is 0 Å². The summed E-state index contributed by atoms with van der Waals surface area (Å²) < 4.78 is 18.7. The Morgan fingerprint density at radius 2 is 1.64 bits per heavy atom. The van der Waals surface area contributed by atoms with E-state index < -0.39 is 5.82 Å². The second-order valence-electron chi connectivity index (χ2n) is 7.46. The van der Waals surface area contributed by atoms with E-state index in [1.807, 2.05) is 0 Å². The maximum Gasteiger partial charge on any atom is 0.258 e. The molecule has 0 aromatic heterocycles. The minimum absolute atomic E-state index is 0.00314. The molecule has 28 heavy (non-hydrogen) atoms.